The highest BCUT2D eigenvalue weighted by Gasteiger charge is 2.48. The van der Waals surface area contributed by atoms with Gasteiger partial charge in [-0.3, -0.25) is 4.79 Å². The summed E-state index contributed by atoms with van der Waals surface area (Å²) < 4.78 is 65.3. The molecule has 110 heavy (non-hydrogen) atoms. The summed E-state index contributed by atoms with van der Waals surface area (Å²) in [6, 6.07) is 40.0. The fraction of sp³-hybridized carbons (Fsp3) is 0.404. The Hall–Kier alpha value is -9.12. The molecule has 0 atom stereocenters. The minimum Gasteiger partial charge on any atom is -0.506 e. The molecule has 0 spiro atoms. The van der Waals surface area contributed by atoms with Crippen LogP contribution in [0.4, 0.5) is 28.9 Å². The van der Waals surface area contributed by atoms with Crippen molar-refractivity contribution in [2.24, 2.45) is 0 Å². The van der Waals surface area contributed by atoms with E-state index in [1.165, 1.54) is 101 Å². The Morgan fingerprint density at radius 2 is 0.836 bits per heavy atom. The number of carbonyl (C=O) groups excluding carboxylic acids is 1. The number of ketones is 1. The first kappa shape index (κ1) is 76.3. The lowest BCUT2D eigenvalue weighted by Gasteiger charge is -2.29. The Labute approximate surface area is 652 Å². The average molecular weight is 1520 g/mol. The maximum Gasteiger partial charge on any atom is 0.209 e. The maximum atomic E-state index is 15.1. The number of halogens is 4. The topological polar surface area (TPSA) is 105 Å². The molecule has 1 N–H and O–H groups in total. The summed E-state index contributed by atoms with van der Waals surface area (Å²) in [5, 5.41) is 14.4. The molecule has 0 saturated heterocycles. The van der Waals surface area contributed by atoms with Crippen molar-refractivity contribution < 1.29 is 32.0 Å². The van der Waals surface area contributed by atoms with Crippen molar-refractivity contribution in [3.05, 3.63) is 190 Å². The van der Waals surface area contributed by atoms with Crippen molar-refractivity contribution in [1.29, 1.82) is 0 Å². The van der Waals surface area contributed by atoms with Crippen LogP contribution >= 0.6 is 22.7 Å². The first-order valence-electron chi connectivity index (χ1n) is 40.9. The number of thiophene rings is 2. The van der Waals surface area contributed by atoms with Crippen LogP contribution in [0.3, 0.4) is 0 Å². The van der Waals surface area contributed by atoms with Gasteiger partial charge in [0.15, 0.2) is 40.3 Å². The summed E-state index contributed by atoms with van der Waals surface area (Å²) >= 11 is 3.49. The zero-order valence-electron chi connectivity index (χ0n) is 65.3. The minimum absolute atomic E-state index is 0.0338. The highest BCUT2D eigenvalue weighted by Crippen LogP contribution is 2.52. The van der Waals surface area contributed by atoms with Crippen LogP contribution in [-0.4, -0.2) is 63.3 Å². The van der Waals surface area contributed by atoms with Crippen molar-refractivity contribution in [3.8, 4) is 41.8 Å². The second-order valence-corrected chi connectivity index (χ2v) is 34.2. The molecule has 0 radical (unpaired) electrons. The predicted octanol–water partition coefficient (Wildman–Crippen LogP) is 27.0. The van der Waals surface area contributed by atoms with Crippen LogP contribution in [-0.2, 0) is 28.7 Å². The number of allylic oxidation sites excluding steroid dienone is 5. The van der Waals surface area contributed by atoms with E-state index in [9.17, 15) is 22.7 Å². The Morgan fingerprint density at radius 1 is 0.436 bits per heavy atom. The summed E-state index contributed by atoms with van der Waals surface area (Å²) in [6.07, 6.45) is 31.3. The molecule has 16 heteroatoms. The van der Waals surface area contributed by atoms with E-state index in [-0.39, 0.29) is 11.5 Å². The normalized spacial score (nSPS) is 15.5. The molecule has 2 aliphatic heterocycles. The van der Waals surface area contributed by atoms with Gasteiger partial charge in [0.1, 0.15) is 23.3 Å². The van der Waals surface area contributed by atoms with Crippen molar-refractivity contribution in [3.63, 3.8) is 0 Å². The van der Waals surface area contributed by atoms with E-state index in [0.717, 1.165) is 201 Å². The molecule has 0 fully saturated rings. The van der Waals surface area contributed by atoms with Crippen molar-refractivity contribution in [2.45, 2.75) is 233 Å². The lowest BCUT2D eigenvalue weighted by atomic mass is 9.77. The molecule has 0 unspecified atom stereocenters. The number of aromatic nitrogens is 6. The summed E-state index contributed by atoms with van der Waals surface area (Å²) in [4.78, 5) is 41.7. The number of nitrogens with zero attached hydrogens (tertiary/aromatic N) is 8. The number of benzene rings is 6. The Bertz CT molecular complexity index is 5650. The highest BCUT2D eigenvalue weighted by atomic mass is 32.1. The molecule has 0 saturated carbocycles. The summed E-state index contributed by atoms with van der Waals surface area (Å²) in [6.45, 7) is 21.0. The summed E-state index contributed by atoms with van der Waals surface area (Å²) in [7, 11) is 0. The molecule has 10 nitrogen and oxygen atoms in total. The number of rotatable bonds is 34. The molecule has 1 aliphatic carbocycles. The molecule has 12 aromatic rings. The smallest absolute Gasteiger partial charge is 0.209 e. The van der Waals surface area contributed by atoms with Crippen LogP contribution in [0.25, 0.3) is 108 Å². The van der Waals surface area contributed by atoms with Crippen molar-refractivity contribution in [2.75, 3.05) is 18.0 Å². The SMILES string of the molecule is CCCCCCCCN1/C(=C/C2=C(O)C(=C\C3=[N+](CCCCCCCC)c4ccc(-c5ccc(-c6ccc7c8nc9cc(F)c(F)cc9nc8n(CCCCCCCC)c7c6)s5)cc4C3(C)C)/C2=O)C(C)(C)c2cc(-c3ccc(-c4ccc5c6nc7cc(F)c(F)cc7nc6n(CCCCCCCC)c5c4)s3)ccc21. The number of fused-ring (bicyclic) bond motifs is 10. The fourth-order valence-electron chi connectivity index (χ4n) is 17.3. The van der Waals surface area contributed by atoms with Crippen LogP contribution in [0.15, 0.2) is 156 Å². The maximum absolute atomic E-state index is 15.1. The number of aliphatic hydroxyl groups is 1. The Kier molecular flexibility index (Phi) is 22.7. The van der Waals surface area contributed by atoms with E-state index in [1.807, 2.05) is 12.2 Å². The number of hydrogen-bond acceptors (Lipinski definition) is 9. The van der Waals surface area contributed by atoms with Gasteiger partial charge in [-0.2, -0.15) is 4.58 Å². The van der Waals surface area contributed by atoms with E-state index in [2.05, 4.69) is 171 Å². The third kappa shape index (κ3) is 14.8. The fourth-order valence-corrected chi connectivity index (χ4v) is 19.3. The molecule has 6 aromatic heterocycles. The van der Waals surface area contributed by atoms with E-state index >= 15 is 4.79 Å². The van der Waals surface area contributed by atoms with Crippen LogP contribution in [0.5, 0.6) is 0 Å². The van der Waals surface area contributed by atoms with Gasteiger partial charge < -0.3 is 19.1 Å². The molecular formula is C94H103F4N8O2S2+. The van der Waals surface area contributed by atoms with E-state index in [1.54, 1.807) is 22.7 Å². The average Bonchev–Trinajstić information content (AvgIpc) is 1.58. The van der Waals surface area contributed by atoms with Gasteiger partial charge in [0.2, 0.25) is 11.5 Å². The number of aliphatic hydroxyl groups excluding tert-OH is 1. The van der Waals surface area contributed by atoms with Crippen LogP contribution in [0, 0.1) is 23.3 Å². The molecule has 8 heterocycles. The summed E-state index contributed by atoms with van der Waals surface area (Å²) in [5.74, 6) is -3.87. The van der Waals surface area contributed by atoms with Crippen molar-refractivity contribution >= 4 is 112 Å². The third-order valence-corrected chi connectivity index (χ3v) is 26.0. The largest absolute Gasteiger partial charge is 0.506 e. The van der Waals surface area contributed by atoms with Crippen LogP contribution in [0.1, 0.15) is 221 Å². The number of Topliss-reactive ketones (excluding diaryl/α,β-unsaturated/α-hetero) is 1. The lowest BCUT2D eigenvalue weighted by molar-refractivity contribution is -0.438. The quantitative estimate of drug-likeness (QED) is 0.0185. The zero-order chi connectivity index (χ0) is 76.5. The number of carbonyl (C=O) groups is 1. The molecule has 3 aliphatic rings. The van der Waals surface area contributed by atoms with Gasteiger partial charge in [0.25, 0.3) is 0 Å². The monoisotopic (exact) mass is 1520 g/mol. The molecule has 15 rings (SSSR count). The van der Waals surface area contributed by atoms with Gasteiger partial charge >= 0.3 is 0 Å². The first-order chi connectivity index (χ1) is 53.4. The Balaban J connectivity index is 0.722. The highest BCUT2D eigenvalue weighted by molar-refractivity contribution is 7.19. The third-order valence-electron chi connectivity index (χ3n) is 23.6. The van der Waals surface area contributed by atoms with Gasteiger partial charge in [-0.1, -0.05) is 182 Å². The number of unbranched alkanes of at least 4 members (excludes halogenated alkanes) is 20. The summed E-state index contributed by atoms with van der Waals surface area (Å²) in [5.41, 5.74) is 16.6. The minimum atomic E-state index is -0.940. The predicted molar refractivity (Wildman–Crippen MR) is 450 cm³/mol. The molecule has 570 valence electrons. The number of aryl methyl sites for hydroxylation is 2. The Morgan fingerprint density at radius 3 is 1.30 bits per heavy atom. The molecular weight excluding hydrogens is 1410 g/mol. The van der Waals surface area contributed by atoms with Crippen LogP contribution in [0.2, 0.25) is 0 Å². The lowest BCUT2D eigenvalue weighted by Crippen LogP contribution is -2.32. The van der Waals surface area contributed by atoms with Crippen LogP contribution < -0.4 is 4.90 Å². The van der Waals surface area contributed by atoms with E-state index < -0.39 is 34.1 Å². The van der Waals surface area contributed by atoms with E-state index in [4.69, 9.17) is 19.9 Å². The van der Waals surface area contributed by atoms with Gasteiger partial charge in [0, 0.05) is 115 Å². The van der Waals surface area contributed by atoms with Gasteiger partial charge in [0.05, 0.1) is 49.7 Å². The standard InChI is InChI=1S/C94H102F4N8O2S2/c1-9-13-17-21-25-29-45-103-77-39-35-59(81-41-43-83(109-81)61-33-37-63-79(51-61)105(47-31-27-23-19-15-11-3)91-87(63)99-73-55-69(95)71(97)57-75(73)101-91)49-67(77)93(5,6)85(103)53-65-89(107)66(90(65)108)54-86-94(7,8)68-50-60(36-40-78(68)104(86)46-30-26-22-18-14-10-2)82-42-44-84(110-82)62-34-38-64-80(52-62)106(48-32-28-24-20-16-12-4)92-88(64)100-74-56-70(96)72(98)58-76(74)102-92/h33-44,49-58H,9-32,45-48H2,1-8H3/p+1. The second kappa shape index (κ2) is 32.7. The van der Waals surface area contributed by atoms with E-state index in [0.29, 0.717) is 55.5 Å². The first-order valence-corrected chi connectivity index (χ1v) is 42.5. The van der Waals surface area contributed by atoms with Gasteiger partial charge in [-0.05, 0) is 146 Å². The van der Waals surface area contributed by atoms with Gasteiger partial charge in [-0.25, -0.2) is 37.5 Å². The van der Waals surface area contributed by atoms with Crippen molar-refractivity contribution in [1.82, 2.24) is 29.1 Å². The molecule has 0 amide bonds. The number of hydrogen-bond donors (Lipinski definition) is 1. The molecule has 6 aromatic carbocycles. The molecule has 0 bridgehead atoms. The zero-order valence-corrected chi connectivity index (χ0v) is 66.9. The van der Waals surface area contributed by atoms with Gasteiger partial charge in [-0.15, -0.1) is 22.7 Å². The number of anilines is 1. The second-order valence-electron chi connectivity index (χ2n) is 32.0.